The number of rotatable bonds is 6. The van der Waals surface area contributed by atoms with Gasteiger partial charge in [0.2, 0.25) is 5.95 Å². The van der Waals surface area contributed by atoms with E-state index in [0.717, 1.165) is 16.2 Å². The zero-order chi connectivity index (χ0) is 28.6. The number of fused-ring (bicyclic) bond motifs is 1. The summed E-state index contributed by atoms with van der Waals surface area (Å²) >= 11 is 7.34. The zero-order valence-corrected chi connectivity index (χ0v) is 23.8. The fourth-order valence-electron chi connectivity index (χ4n) is 4.71. The highest BCUT2D eigenvalue weighted by Crippen LogP contribution is 2.34. The van der Waals surface area contributed by atoms with Crippen molar-refractivity contribution in [3.05, 3.63) is 77.4 Å². The number of benzene rings is 2. The number of phenolic OH excluding ortho intramolecular Hbond substituents is 1. The van der Waals surface area contributed by atoms with Crippen molar-refractivity contribution in [3.8, 4) is 28.4 Å². The third-order valence-corrected chi connectivity index (χ3v) is 9.09. The average Bonchev–Trinajstić information content (AvgIpc) is 3.55. The molecule has 0 spiro atoms. The van der Waals surface area contributed by atoms with Crippen molar-refractivity contribution in [2.45, 2.75) is 23.8 Å². The smallest absolute Gasteiger partial charge is 0.331 e. The molecule has 210 valence electrons. The van der Waals surface area contributed by atoms with Gasteiger partial charge in [0.1, 0.15) is 11.4 Å². The Kier molecular flexibility index (Phi) is 7.24. The molecule has 3 aromatic heterocycles. The van der Waals surface area contributed by atoms with E-state index in [1.807, 2.05) is 28.1 Å². The van der Waals surface area contributed by atoms with Gasteiger partial charge in [0, 0.05) is 47.5 Å². The molecular weight excluding hydrogens is 586 g/mol. The van der Waals surface area contributed by atoms with Crippen molar-refractivity contribution in [1.29, 1.82) is 0 Å². The Morgan fingerprint density at radius 1 is 1.07 bits per heavy atom. The minimum atomic E-state index is -4.01. The predicted octanol–water partition coefficient (Wildman–Crippen LogP) is 4.85. The van der Waals surface area contributed by atoms with Gasteiger partial charge in [-0.05, 0) is 55.3 Å². The first-order valence-corrected chi connectivity index (χ1v) is 15.4. The van der Waals surface area contributed by atoms with Gasteiger partial charge in [-0.25, -0.2) is 32.9 Å². The monoisotopic (exact) mass is 609 g/mol. The zero-order valence-electron chi connectivity index (χ0n) is 21.4. The van der Waals surface area contributed by atoms with Crippen LogP contribution in [-0.2, 0) is 10.0 Å². The van der Waals surface area contributed by atoms with Crippen LogP contribution >= 0.6 is 22.9 Å². The summed E-state index contributed by atoms with van der Waals surface area (Å²) < 4.78 is 29.3. The molecule has 3 N–H and O–H groups in total. The number of hydrogen-bond acceptors (Lipinski definition) is 9. The number of likely N-dealkylation sites (tertiary alicyclic amines) is 1. The summed E-state index contributed by atoms with van der Waals surface area (Å²) in [5.74, 6) is 0.584. The number of aromatic hydroxyl groups is 1. The highest BCUT2D eigenvalue weighted by Gasteiger charge is 2.27. The molecule has 0 atom stereocenters. The number of nitrogens with zero attached hydrogens (tertiary/aromatic N) is 5. The van der Waals surface area contributed by atoms with E-state index in [4.69, 9.17) is 21.6 Å². The Balaban J connectivity index is 1.14. The van der Waals surface area contributed by atoms with Crippen LogP contribution in [0.5, 0.6) is 5.75 Å². The van der Waals surface area contributed by atoms with Crippen LogP contribution in [0.4, 0.5) is 10.7 Å². The van der Waals surface area contributed by atoms with Crippen molar-refractivity contribution in [2.75, 3.05) is 18.4 Å². The van der Waals surface area contributed by atoms with Crippen molar-refractivity contribution in [2.24, 2.45) is 0 Å². The van der Waals surface area contributed by atoms with E-state index in [9.17, 15) is 18.3 Å². The number of carbonyl (C=O) groups excluding carboxylic acids is 1. The lowest BCUT2D eigenvalue weighted by Crippen LogP contribution is -2.48. The van der Waals surface area contributed by atoms with Gasteiger partial charge in [-0.15, -0.1) is 11.3 Å². The summed E-state index contributed by atoms with van der Waals surface area (Å²) in [7, 11) is -4.01. The SMILES string of the molecule is O=C(NS(=O)(=O)c1ccc(Cl)cc1)N1CCC(Nc2nccc(-c3c(-c4cccc(O)c4)nc4sccn34)n2)CC1. The normalized spacial score (nSPS) is 14.3. The number of urea groups is 1. The molecule has 0 unspecified atom stereocenters. The fraction of sp³-hybridized carbons (Fsp3) is 0.185. The van der Waals surface area contributed by atoms with Gasteiger partial charge >= 0.3 is 6.03 Å². The summed E-state index contributed by atoms with van der Waals surface area (Å²) in [5, 5.41) is 15.7. The first-order chi connectivity index (χ1) is 19.8. The molecule has 11 nitrogen and oxygen atoms in total. The van der Waals surface area contributed by atoms with Crippen LogP contribution in [0, 0.1) is 0 Å². The fourth-order valence-corrected chi connectivity index (χ4v) is 6.52. The molecule has 2 aromatic carbocycles. The van der Waals surface area contributed by atoms with Gasteiger partial charge in [0.25, 0.3) is 10.0 Å². The molecule has 1 aliphatic heterocycles. The summed E-state index contributed by atoms with van der Waals surface area (Å²) in [6, 6.07) is 13.7. The molecule has 4 heterocycles. The number of hydrogen-bond donors (Lipinski definition) is 3. The van der Waals surface area contributed by atoms with Crippen LogP contribution in [0.3, 0.4) is 0 Å². The largest absolute Gasteiger partial charge is 0.508 e. The van der Waals surface area contributed by atoms with E-state index in [0.29, 0.717) is 48.3 Å². The summed E-state index contributed by atoms with van der Waals surface area (Å²) in [4.78, 5) is 28.9. The molecule has 6 rings (SSSR count). The number of piperidine rings is 1. The molecule has 1 aliphatic rings. The summed E-state index contributed by atoms with van der Waals surface area (Å²) in [6.45, 7) is 0.720. The molecule has 0 aliphatic carbocycles. The summed E-state index contributed by atoms with van der Waals surface area (Å²) in [6.07, 6.45) is 4.76. The minimum Gasteiger partial charge on any atom is -0.508 e. The molecule has 14 heteroatoms. The van der Waals surface area contributed by atoms with Crippen LogP contribution in [-0.4, -0.2) is 62.9 Å². The maximum Gasteiger partial charge on any atom is 0.331 e. The quantitative estimate of drug-likeness (QED) is 0.248. The number of carbonyl (C=O) groups is 1. The highest BCUT2D eigenvalue weighted by molar-refractivity contribution is 7.90. The molecule has 0 bridgehead atoms. The lowest BCUT2D eigenvalue weighted by Gasteiger charge is -2.32. The van der Waals surface area contributed by atoms with Crippen LogP contribution in [0.15, 0.2) is 77.3 Å². The molecule has 1 fully saturated rings. The number of imidazole rings is 1. The maximum absolute atomic E-state index is 12.7. The molecule has 41 heavy (non-hydrogen) atoms. The van der Waals surface area contributed by atoms with Gasteiger partial charge < -0.3 is 15.3 Å². The standard InChI is InChI=1S/C27H24ClN7O4S2/c28-18-4-6-21(7-5-18)41(38,39)33-26(37)34-12-9-19(10-13-34)30-25-29-11-8-22(31-25)24-23(17-2-1-3-20(36)16-17)32-27-35(24)14-15-40-27/h1-8,11,14-16,19,36H,9-10,12-13H2,(H,33,37)(H,29,30,31). The lowest BCUT2D eigenvalue weighted by atomic mass is 10.1. The highest BCUT2D eigenvalue weighted by atomic mass is 35.5. The molecule has 2 amide bonds. The van der Waals surface area contributed by atoms with Gasteiger partial charge in [-0.1, -0.05) is 23.7 Å². The van der Waals surface area contributed by atoms with Gasteiger partial charge in [0.05, 0.1) is 16.3 Å². The number of thiazole rings is 1. The maximum atomic E-state index is 12.7. The number of halogens is 1. The van der Waals surface area contributed by atoms with Crippen molar-refractivity contribution in [1.82, 2.24) is 29.0 Å². The average molecular weight is 610 g/mol. The van der Waals surface area contributed by atoms with Crippen LogP contribution in [0.1, 0.15) is 12.8 Å². The number of phenols is 1. The van der Waals surface area contributed by atoms with Gasteiger partial charge in [-0.3, -0.25) is 4.40 Å². The second kappa shape index (κ2) is 11.0. The minimum absolute atomic E-state index is 0.0145. The Hall–Kier alpha value is -4.20. The first kappa shape index (κ1) is 27.0. The molecule has 5 aromatic rings. The second-order valence-electron chi connectivity index (χ2n) is 9.45. The van der Waals surface area contributed by atoms with E-state index < -0.39 is 16.1 Å². The van der Waals surface area contributed by atoms with Gasteiger partial charge in [0.15, 0.2) is 4.96 Å². The number of aromatic nitrogens is 4. The third kappa shape index (κ3) is 5.69. The second-order valence-corrected chi connectivity index (χ2v) is 12.4. The third-order valence-electron chi connectivity index (χ3n) is 6.74. The van der Waals surface area contributed by atoms with Crippen molar-refractivity contribution < 1.29 is 18.3 Å². The van der Waals surface area contributed by atoms with E-state index in [2.05, 4.69) is 15.0 Å². The lowest BCUT2D eigenvalue weighted by molar-refractivity contribution is 0.189. The number of nitrogens with one attached hydrogen (secondary N) is 2. The van der Waals surface area contributed by atoms with Crippen molar-refractivity contribution >= 4 is 49.9 Å². The Morgan fingerprint density at radius 2 is 1.85 bits per heavy atom. The van der Waals surface area contributed by atoms with E-state index in [-0.39, 0.29) is 16.7 Å². The number of sulfonamides is 1. The predicted molar refractivity (Wildman–Crippen MR) is 157 cm³/mol. The first-order valence-electron chi connectivity index (χ1n) is 12.7. The van der Waals surface area contributed by atoms with Crippen LogP contribution < -0.4 is 10.0 Å². The topological polar surface area (TPSA) is 142 Å². The van der Waals surface area contributed by atoms with E-state index >= 15 is 0 Å². The van der Waals surface area contributed by atoms with Crippen LogP contribution in [0.25, 0.3) is 27.6 Å². The Bertz CT molecular complexity index is 1830. The molecule has 1 saturated heterocycles. The molecule has 0 saturated carbocycles. The Labute approximate surface area is 244 Å². The van der Waals surface area contributed by atoms with Gasteiger partial charge in [-0.2, -0.15) is 0 Å². The van der Waals surface area contributed by atoms with Crippen molar-refractivity contribution in [3.63, 3.8) is 0 Å². The number of anilines is 1. The molecule has 0 radical (unpaired) electrons. The number of amides is 2. The Morgan fingerprint density at radius 3 is 2.61 bits per heavy atom. The van der Waals surface area contributed by atoms with E-state index in [1.54, 1.807) is 24.4 Å². The molecular formula is C27H24ClN7O4S2. The summed E-state index contributed by atoms with van der Waals surface area (Å²) in [5.41, 5.74) is 2.92. The van der Waals surface area contributed by atoms with Crippen LogP contribution in [0.2, 0.25) is 5.02 Å². The van der Waals surface area contributed by atoms with E-state index in [1.165, 1.54) is 40.5 Å².